The molecule has 1 unspecified atom stereocenters. The van der Waals surface area contributed by atoms with Gasteiger partial charge in [0.2, 0.25) is 5.95 Å². The standard InChI is InChI=1S/C15H22N4O/c1-3-13(16)8-12-9-17-15(18-10-12)19(4-2)11-14-6-5-7-20-14/h5-7,9-10,13H,3-4,8,11,16H2,1-2H3. The van der Waals surface area contributed by atoms with Gasteiger partial charge in [-0.3, -0.25) is 0 Å². The zero-order valence-electron chi connectivity index (χ0n) is 12.1. The van der Waals surface area contributed by atoms with Crippen LogP contribution in [0.3, 0.4) is 0 Å². The Morgan fingerprint density at radius 3 is 2.60 bits per heavy atom. The SMILES string of the molecule is CCC(N)Cc1cnc(N(CC)Cc2ccco2)nc1. The Kier molecular flexibility index (Phi) is 5.12. The number of rotatable bonds is 7. The van der Waals surface area contributed by atoms with E-state index in [9.17, 15) is 0 Å². The van der Waals surface area contributed by atoms with Crippen molar-refractivity contribution < 1.29 is 4.42 Å². The number of furan rings is 1. The van der Waals surface area contributed by atoms with E-state index in [1.807, 2.05) is 24.5 Å². The number of hydrogen-bond acceptors (Lipinski definition) is 5. The van der Waals surface area contributed by atoms with Gasteiger partial charge in [-0.25, -0.2) is 9.97 Å². The highest BCUT2D eigenvalue weighted by atomic mass is 16.3. The molecule has 5 heteroatoms. The smallest absolute Gasteiger partial charge is 0.225 e. The van der Waals surface area contributed by atoms with Crippen LogP contribution in [0.15, 0.2) is 35.2 Å². The van der Waals surface area contributed by atoms with Crippen LogP contribution in [0.5, 0.6) is 0 Å². The first kappa shape index (κ1) is 14.5. The van der Waals surface area contributed by atoms with Crippen molar-refractivity contribution in [2.45, 2.75) is 39.3 Å². The van der Waals surface area contributed by atoms with Crippen LogP contribution in [0.4, 0.5) is 5.95 Å². The summed E-state index contributed by atoms with van der Waals surface area (Å²) in [6, 6.07) is 4.02. The maximum atomic E-state index is 5.94. The summed E-state index contributed by atoms with van der Waals surface area (Å²) in [4.78, 5) is 10.9. The van der Waals surface area contributed by atoms with E-state index in [1.165, 1.54) is 0 Å². The van der Waals surface area contributed by atoms with Gasteiger partial charge < -0.3 is 15.1 Å². The Hall–Kier alpha value is -1.88. The minimum absolute atomic E-state index is 0.176. The molecule has 0 aliphatic rings. The summed E-state index contributed by atoms with van der Waals surface area (Å²) in [5.74, 6) is 1.63. The van der Waals surface area contributed by atoms with Gasteiger partial charge in [-0.2, -0.15) is 0 Å². The summed E-state index contributed by atoms with van der Waals surface area (Å²) in [5, 5.41) is 0. The van der Waals surface area contributed by atoms with Gasteiger partial charge in [0, 0.05) is 25.0 Å². The second-order valence-corrected chi connectivity index (χ2v) is 4.86. The molecule has 108 valence electrons. The second-order valence-electron chi connectivity index (χ2n) is 4.86. The van der Waals surface area contributed by atoms with Gasteiger partial charge in [-0.05, 0) is 37.5 Å². The fraction of sp³-hybridized carbons (Fsp3) is 0.467. The molecule has 2 heterocycles. The molecule has 0 saturated carbocycles. The van der Waals surface area contributed by atoms with Gasteiger partial charge in [0.05, 0.1) is 12.8 Å². The number of aromatic nitrogens is 2. The summed E-state index contributed by atoms with van der Waals surface area (Å²) in [6.45, 7) is 5.67. The first-order valence-electron chi connectivity index (χ1n) is 7.06. The average Bonchev–Trinajstić information content (AvgIpc) is 2.98. The van der Waals surface area contributed by atoms with Crippen LogP contribution < -0.4 is 10.6 Å². The molecule has 0 amide bonds. The van der Waals surface area contributed by atoms with Crippen molar-refractivity contribution in [2.75, 3.05) is 11.4 Å². The zero-order chi connectivity index (χ0) is 14.4. The first-order valence-corrected chi connectivity index (χ1v) is 7.06. The fourth-order valence-corrected chi connectivity index (χ4v) is 1.98. The van der Waals surface area contributed by atoms with E-state index in [1.54, 1.807) is 6.26 Å². The van der Waals surface area contributed by atoms with E-state index in [0.717, 1.165) is 36.7 Å². The van der Waals surface area contributed by atoms with Crippen LogP contribution in [0.25, 0.3) is 0 Å². The molecular formula is C15H22N4O. The van der Waals surface area contributed by atoms with Crippen molar-refractivity contribution >= 4 is 5.95 Å². The van der Waals surface area contributed by atoms with Crippen molar-refractivity contribution in [1.82, 2.24) is 9.97 Å². The highest BCUT2D eigenvalue weighted by molar-refractivity contribution is 5.30. The Morgan fingerprint density at radius 2 is 2.05 bits per heavy atom. The monoisotopic (exact) mass is 274 g/mol. The van der Waals surface area contributed by atoms with E-state index >= 15 is 0 Å². The predicted molar refractivity (Wildman–Crippen MR) is 79.4 cm³/mol. The van der Waals surface area contributed by atoms with Crippen LogP contribution in [0.1, 0.15) is 31.6 Å². The molecule has 2 aromatic heterocycles. The van der Waals surface area contributed by atoms with Gasteiger partial charge in [-0.1, -0.05) is 6.92 Å². The lowest BCUT2D eigenvalue weighted by atomic mass is 10.1. The molecule has 1 atom stereocenters. The van der Waals surface area contributed by atoms with Gasteiger partial charge in [0.25, 0.3) is 0 Å². The minimum Gasteiger partial charge on any atom is -0.467 e. The van der Waals surface area contributed by atoms with Crippen LogP contribution in [-0.2, 0) is 13.0 Å². The fourth-order valence-electron chi connectivity index (χ4n) is 1.98. The molecule has 2 rings (SSSR count). The summed E-state index contributed by atoms with van der Waals surface area (Å²) < 4.78 is 5.36. The lowest BCUT2D eigenvalue weighted by Crippen LogP contribution is -2.25. The van der Waals surface area contributed by atoms with Gasteiger partial charge >= 0.3 is 0 Å². The topological polar surface area (TPSA) is 68.2 Å². The molecule has 0 radical (unpaired) electrons. The van der Waals surface area contributed by atoms with Crippen molar-refractivity contribution in [2.24, 2.45) is 5.73 Å². The van der Waals surface area contributed by atoms with Crippen LogP contribution in [-0.4, -0.2) is 22.6 Å². The third-order valence-electron chi connectivity index (χ3n) is 3.31. The Morgan fingerprint density at radius 1 is 1.30 bits per heavy atom. The van der Waals surface area contributed by atoms with E-state index in [2.05, 4.69) is 28.7 Å². The maximum absolute atomic E-state index is 5.94. The van der Waals surface area contributed by atoms with Gasteiger partial charge in [0.1, 0.15) is 5.76 Å². The van der Waals surface area contributed by atoms with E-state index in [0.29, 0.717) is 6.54 Å². The third kappa shape index (κ3) is 3.81. The third-order valence-corrected chi connectivity index (χ3v) is 3.31. The summed E-state index contributed by atoms with van der Waals surface area (Å²) in [7, 11) is 0. The normalized spacial score (nSPS) is 12.3. The van der Waals surface area contributed by atoms with E-state index < -0.39 is 0 Å². The molecule has 2 aromatic rings. The Labute approximate surface area is 119 Å². The quantitative estimate of drug-likeness (QED) is 0.839. The molecule has 0 aromatic carbocycles. The summed E-state index contributed by atoms with van der Waals surface area (Å²) in [5.41, 5.74) is 7.02. The van der Waals surface area contributed by atoms with Crippen molar-refractivity contribution in [3.8, 4) is 0 Å². The Balaban J connectivity index is 2.03. The molecule has 0 saturated heterocycles. The van der Waals surface area contributed by atoms with Crippen LogP contribution >= 0.6 is 0 Å². The van der Waals surface area contributed by atoms with Crippen LogP contribution in [0.2, 0.25) is 0 Å². The second kappa shape index (κ2) is 7.05. The Bertz CT molecular complexity index is 495. The molecule has 0 bridgehead atoms. The predicted octanol–water partition coefficient (Wildman–Crippen LogP) is 2.38. The first-order chi connectivity index (χ1) is 9.72. The average molecular weight is 274 g/mol. The lowest BCUT2D eigenvalue weighted by molar-refractivity contribution is 0.501. The molecule has 0 aliphatic heterocycles. The lowest BCUT2D eigenvalue weighted by Gasteiger charge is -2.19. The zero-order valence-corrected chi connectivity index (χ0v) is 12.1. The van der Waals surface area contributed by atoms with Crippen molar-refractivity contribution in [3.63, 3.8) is 0 Å². The van der Waals surface area contributed by atoms with Gasteiger partial charge in [-0.15, -0.1) is 0 Å². The minimum atomic E-state index is 0.176. The van der Waals surface area contributed by atoms with E-state index in [-0.39, 0.29) is 6.04 Å². The molecule has 0 fully saturated rings. The molecule has 0 aliphatic carbocycles. The van der Waals surface area contributed by atoms with Gasteiger partial charge in [0.15, 0.2) is 0 Å². The number of nitrogens with two attached hydrogens (primary N) is 1. The summed E-state index contributed by atoms with van der Waals surface area (Å²) >= 11 is 0. The number of hydrogen-bond donors (Lipinski definition) is 1. The highest BCUT2D eigenvalue weighted by Gasteiger charge is 2.10. The van der Waals surface area contributed by atoms with Crippen molar-refractivity contribution in [3.05, 3.63) is 42.1 Å². The van der Waals surface area contributed by atoms with E-state index in [4.69, 9.17) is 10.2 Å². The number of anilines is 1. The van der Waals surface area contributed by atoms with Crippen LogP contribution in [0, 0.1) is 0 Å². The number of nitrogens with zero attached hydrogens (tertiary/aromatic N) is 3. The molecule has 5 nitrogen and oxygen atoms in total. The van der Waals surface area contributed by atoms with Crippen molar-refractivity contribution in [1.29, 1.82) is 0 Å². The largest absolute Gasteiger partial charge is 0.467 e. The summed E-state index contributed by atoms with van der Waals surface area (Å²) in [6.07, 6.45) is 7.19. The molecule has 0 spiro atoms. The highest BCUT2D eigenvalue weighted by Crippen LogP contribution is 2.13. The maximum Gasteiger partial charge on any atom is 0.225 e. The molecule has 2 N–H and O–H groups in total. The molecular weight excluding hydrogens is 252 g/mol. The molecule has 20 heavy (non-hydrogen) atoms.